The van der Waals surface area contributed by atoms with Crippen LogP contribution in [0.4, 0.5) is 11.6 Å². The van der Waals surface area contributed by atoms with Crippen LogP contribution >= 0.6 is 0 Å². The molecule has 1 amide bonds. The quantitative estimate of drug-likeness (QED) is 0.115. The number of amides is 1. The summed E-state index contributed by atoms with van der Waals surface area (Å²) >= 11 is 0. The van der Waals surface area contributed by atoms with Crippen LogP contribution in [0.25, 0.3) is 11.0 Å². The lowest BCUT2D eigenvalue weighted by molar-refractivity contribution is 0.0950. The molecule has 2 aromatic heterocycles. The molecule has 3 aromatic carbocycles. The summed E-state index contributed by atoms with van der Waals surface area (Å²) in [4.78, 5) is 21.2. The van der Waals surface area contributed by atoms with Crippen LogP contribution < -0.4 is 21.1 Å². The summed E-state index contributed by atoms with van der Waals surface area (Å²) in [6.07, 6.45) is 1.62. The van der Waals surface area contributed by atoms with Crippen molar-refractivity contribution in [1.29, 1.82) is 0 Å². The van der Waals surface area contributed by atoms with Crippen LogP contribution in [0.1, 0.15) is 48.1 Å². The van der Waals surface area contributed by atoms with Gasteiger partial charge in [0.2, 0.25) is 5.95 Å². The molecule has 0 spiro atoms. The third kappa shape index (κ3) is 7.58. The van der Waals surface area contributed by atoms with Crippen LogP contribution in [0.5, 0.6) is 0 Å². The van der Waals surface area contributed by atoms with Crippen LogP contribution in [0.15, 0.2) is 84.0 Å². The number of carbonyl (C=O) groups is 1. The number of β-amino-alcohol motifs (C(OH)–C–C–N with tert-alkyl or cyclic N) is 1. The summed E-state index contributed by atoms with van der Waals surface area (Å²) in [5.41, 5.74) is 8.19. The van der Waals surface area contributed by atoms with Crippen LogP contribution in [-0.2, 0) is 23.1 Å². The summed E-state index contributed by atoms with van der Waals surface area (Å²) in [5.74, 6) is 0.317. The molecule has 5 aromatic rings. The summed E-state index contributed by atoms with van der Waals surface area (Å²) < 4.78 is 30.0. The summed E-state index contributed by atoms with van der Waals surface area (Å²) in [5, 5.41) is 23.5. The molecule has 0 aliphatic rings. The molecule has 0 aliphatic heterocycles. The van der Waals surface area contributed by atoms with E-state index in [1.807, 2.05) is 24.5 Å². The van der Waals surface area contributed by atoms with E-state index in [0.29, 0.717) is 34.7 Å². The Morgan fingerprint density at radius 1 is 1.09 bits per heavy atom. The van der Waals surface area contributed by atoms with Crippen molar-refractivity contribution in [2.45, 2.75) is 49.9 Å². The highest BCUT2D eigenvalue weighted by atomic mass is 32.2. The van der Waals surface area contributed by atoms with E-state index in [4.69, 9.17) is 5.73 Å². The largest absolute Gasteiger partial charge is 0.387 e. The number of nitrogens with one attached hydrogen (secondary N) is 4. The van der Waals surface area contributed by atoms with Crippen LogP contribution in [0.3, 0.4) is 0 Å². The van der Waals surface area contributed by atoms with Gasteiger partial charge in [0.25, 0.3) is 15.9 Å². The third-order valence-corrected chi connectivity index (χ3v) is 8.57. The molecule has 0 aliphatic carbocycles. The number of rotatable bonds is 13. The van der Waals surface area contributed by atoms with Crippen molar-refractivity contribution in [2.24, 2.45) is 0 Å². The molecular weight excluding hydrogens is 582 g/mol. The average Bonchev–Trinajstić information content (AvgIpc) is 3.63. The van der Waals surface area contributed by atoms with E-state index < -0.39 is 16.1 Å². The minimum atomic E-state index is -3.74. The molecule has 1 atom stereocenters. The highest BCUT2D eigenvalue weighted by Gasteiger charge is 2.21. The van der Waals surface area contributed by atoms with Crippen LogP contribution in [0, 0.1) is 0 Å². The first-order chi connectivity index (χ1) is 21.0. The Kier molecular flexibility index (Phi) is 8.94. The second kappa shape index (κ2) is 12.8. The van der Waals surface area contributed by atoms with Crippen LogP contribution in [0.2, 0.25) is 0 Å². The molecule has 44 heavy (non-hydrogen) atoms. The standard InChI is InChI=1S/C30H35N9O4S/c1-30(2,34-17-26(40)20-7-6-8-22(15-20)38-44(42,43)23-9-4-3-5-10-23)13-14-39-19-33-24-16-21(11-12-25(24)39)28(41)32-18-27-35-29(31)37-36-27/h3-12,15-16,19,26,34,38,40H,13-14,17-18H2,1-2H3,(H,32,41)(H3,31,35,36,37)/t26-/m0/s1. The first kappa shape index (κ1) is 30.7. The van der Waals surface area contributed by atoms with E-state index >= 15 is 0 Å². The fourth-order valence-electron chi connectivity index (χ4n) is 4.64. The van der Waals surface area contributed by atoms with Gasteiger partial charge >= 0.3 is 0 Å². The number of hydrogen-bond acceptors (Lipinski definition) is 9. The number of nitrogen functional groups attached to an aromatic ring is 1. The SMILES string of the molecule is CC(C)(CCn1cnc2cc(C(=O)NCc3nc(N)n[nH]3)ccc21)NC[C@H](O)c1cccc(NS(=O)(=O)c2ccccc2)c1. The van der Waals surface area contributed by atoms with Gasteiger partial charge in [-0.2, -0.15) is 4.98 Å². The minimum Gasteiger partial charge on any atom is -0.387 e. The number of aryl methyl sites for hydroxylation is 1. The first-order valence-corrected chi connectivity index (χ1v) is 15.5. The van der Waals surface area contributed by atoms with Crippen molar-refractivity contribution in [3.8, 4) is 0 Å². The lowest BCUT2D eigenvalue weighted by Crippen LogP contribution is -2.42. The molecule has 7 N–H and O–H groups in total. The number of aliphatic hydroxyl groups excluding tert-OH is 1. The molecule has 230 valence electrons. The summed E-state index contributed by atoms with van der Waals surface area (Å²) in [6.45, 7) is 5.19. The summed E-state index contributed by atoms with van der Waals surface area (Å²) in [7, 11) is -3.74. The lowest BCUT2D eigenvalue weighted by atomic mass is 9.99. The van der Waals surface area contributed by atoms with E-state index in [0.717, 1.165) is 11.9 Å². The Bertz CT molecular complexity index is 1850. The smallest absolute Gasteiger partial charge is 0.261 e. The van der Waals surface area contributed by atoms with Gasteiger partial charge in [0, 0.05) is 29.9 Å². The van der Waals surface area contributed by atoms with E-state index in [1.54, 1.807) is 60.9 Å². The van der Waals surface area contributed by atoms with Gasteiger partial charge in [-0.1, -0.05) is 30.3 Å². The van der Waals surface area contributed by atoms with E-state index in [9.17, 15) is 18.3 Å². The molecule has 2 heterocycles. The van der Waals surface area contributed by atoms with Crippen molar-refractivity contribution in [1.82, 2.24) is 35.4 Å². The number of aliphatic hydroxyl groups is 1. The number of imidazole rings is 1. The number of fused-ring (bicyclic) bond motifs is 1. The molecule has 13 nitrogen and oxygen atoms in total. The van der Waals surface area contributed by atoms with Gasteiger partial charge in [0.15, 0.2) is 0 Å². The van der Waals surface area contributed by atoms with E-state index in [2.05, 4.69) is 35.5 Å². The fraction of sp³-hybridized carbons (Fsp3) is 0.267. The minimum absolute atomic E-state index is 0.118. The van der Waals surface area contributed by atoms with Crippen molar-refractivity contribution in [3.05, 3.63) is 96.1 Å². The van der Waals surface area contributed by atoms with Gasteiger partial charge in [-0.05, 0) is 68.3 Å². The molecule has 0 unspecified atom stereocenters. The van der Waals surface area contributed by atoms with E-state index in [1.165, 1.54) is 12.1 Å². The Hall–Kier alpha value is -4.79. The summed E-state index contributed by atoms with van der Waals surface area (Å²) in [6, 6.07) is 20.2. The highest BCUT2D eigenvalue weighted by Crippen LogP contribution is 2.22. The van der Waals surface area contributed by atoms with Crippen LogP contribution in [-0.4, -0.2) is 56.2 Å². The van der Waals surface area contributed by atoms with Gasteiger partial charge in [-0.25, -0.2) is 13.4 Å². The number of sulfonamides is 1. The van der Waals surface area contributed by atoms with Gasteiger partial charge in [-0.15, -0.1) is 5.10 Å². The highest BCUT2D eigenvalue weighted by molar-refractivity contribution is 7.92. The number of nitrogens with zero attached hydrogens (tertiary/aromatic N) is 4. The van der Waals surface area contributed by atoms with E-state index in [-0.39, 0.29) is 35.4 Å². The van der Waals surface area contributed by atoms with Gasteiger partial charge < -0.3 is 26.0 Å². The van der Waals surface area contributed by atoms with Crippen molar-refractivity contribution < 1.29 is 18.3 Å². The zero-order chi connectivity index (χ0) is 31.3. The predicted molar refractivity (Wildman–Crippen MR) is 167 cm³/mol. The van der Waals surface area contributed by atoms with Gasteiger partial charge in [0.05, 0.1) is 34.9 Å². The maximum absolute atomic E-state index is 12.7. The predicted octanol–water partition coefficient (Wildman–Crippen LogP) is 2.96. The molecule has 0 bridgehead atoms. The number of aromatic amines is 1. The molecule has 5 rings (SSSR count). The Morgan fingerprint density at radius 2 is 1.89 bits per heavy atom. The average molecular weight is 618 g/mol. The number of benzene rings is 3. The Balaban J connectivity index is 1.14. The number of hydrogen-bond donors (Lipinski definition) is 6. The fourth-order valence-corrected chi connectivity index (χ4v) is 5.71. The maximum Gasteiger partial charge on any atom is 0.261 e. The molecule has 0 saturated heterocycles. The number of carbonyl (C=O) groups excluding carboxylic acids is 1. The maximum atomic E-state index is 12.7. The van der Waals surface area contributed by atoms with Crippen molar-refractivity contribution in [3.63, 3.8) is 0 Å². The number of H-pyrrole nitrogens is 1. The topological polar surface area (TPSA) is 193 Å². The van der Waals surface area contributed by atoms with Crippen molar-refractivity contribution in [2.75, 3.05) is 17.0 Å². The van der Waals surface area contributed by atoms with Gasteiger partial charge in [-0.3, -0.25) is 14.6 Å². The number of aromatic nitrogens is 5. The molecule has 0 fully saturated rings. The van der Waals surface area contributed by atoms with Crippen molar-refractivity contribution >= 4 is 38.6 Å². The zero-order valence-electron chi connectivity index (χ0n) is 24.4. The monoisotopic (exact) mass is 617 g/mol. The Labute approximate surface area is 255 Å². The zero-order valence-corrected chi connectivity index (χ0v) is 25.2. The molecule has 14 heteroatoms. The first-order valence-electron chi connectivity index (χ1n) is 14.0. The lowest BCUT2D eigenvalue weighted by Gasteiger charge is -2.28. The molecule has 0 saturated carbocycles. The normalized spacial score (nSPS) is 12.7. The second-order valence-electron chi connectivity index (χ2n) is 11.0. The molecular formula is C30H35N9O4S. The number of nitrogens with two attached hydrogens (primary N) is 1. The second-order valence-corrected chi connectivity index (χ2v) is 12.7. The number of anilines is 2. The van der Waals surface area contributed by atoms with Gasteiger partial charge in [0.1, 0.15) is 5.82 Å². The third-order valence-electron chi connectivity index (χ3n) is 7.18. The molecule has 0 radical (unpaired) electrons. The Morgan fingerprint density at radius 3 is 2.64 bits per heavy atom.